The summed E-state index contributed by atoms with van der Waals surface area (Å²) in [6.07, 6.45) is 0.189. The number of sulfonamides is 1. The topological polar surface area (TPSA) is 114 Å². The van der Waals surface area contributed by atoms with Crippen LogP contribution < -0.4 is 23.8 Å². The van der Waals surface area contributed by atoms with Crippen LogP contribution in [-0.2, 0) is 32.6 Å². The lowest BCUT2D eigenvalue weighted by Crippen LogP contribution is -2.53. The summed E-state index contributed by atoms with van der Waals surface area (Å²) >= 11 is 6.55. The van der Waals surface area contributed by atoms with Gasteiger partial charge in [-0.15, -0.1) is 0 Å². The molecule has 0 radical (unpaired) electrons. The Hall–Kier alpha value is -4.74. The fourth-order valence-corrected chi connectivity index (χ4v) is 6.79. The fraction of sp³-hybridized carbons (Fsp3) is 0.278. The van der Waals surface area contributed by atoms with Crippen molar-refractivity contribution in [2.45, 2.75) is 37.8 Å². The Balaban J connectivity index is 1.83. The van der Waals surface area contributed by atoms with Gasteiger partial charge in [0.15, 0.2) is 11.5 Å². The molecule has 0 heterocycles. The number of halogens is 1. The number of carbonyl (C=O) groups excluding carboxylic acids is 2. The van der Waals surface area contributed by atoms with E-state index in [1.54, 1.807) is 55.5 Å². The summed E-state index contributed by atoms with van der Waals surface area (Å²) in [5.74, 6) is 0.0977. The molecule has 4 rings (SSSR count). The molecule has 254 valence electrons. The van der Waals surface area contributed by atoms with Crippen LogP contribution in [0.5, 0.6) is 17.2 Å². The lowest BCUT2D eigenvalue weighted by molar-refractivity contribution is -0.140. The van der Waals surface area contributed by atoms with E-state index in [2.05, 4.69) is 5.32 Å². The quantitative estimate of drug-likeness (QED) is 0.160. The van der Waals surface area contributed by atoms with Crippen molar-refractivity contribution >= 4 is 39.1 Å². The van der Waals surface area contributed by atoms with E-state index in [1.807, 2.05) is 37.3 Å². The molecular weight excluding hydrogens is 654 g/mol. The Morgan fingerprint density at radius 2 is 1.52 bits per heavy atom. The van der Waals surface area contributed by atoms with E-state index in [0.29, 0.717) is 35.2 Å². The monoisotopic (exact) mass is 693 g/mol. The van der Waals surface area contributed by atoms with E-state index in [-0.39, 0.29) is 35.2 Å². The molecule has 0 spiro atoms. The highest BCUT2D eigenvalue weighted by Crippen LogP contribution is 2.33. The molecule has 4 aromatic rings. The van der Waals surface area contributed by atoms with E-state index in [1.165, 1.54) is 37.3 Å². The molecule has 0 aliphatic carbocycles. The summed E-state index contributed by atoms with van der Waals surface area (Å²) in [4.78, 5) is 29.5. The predicted molar refractivity (Wildman–Crippen MR) is 186 cm³/mol. The van der Waals surface area contributed by atoms with Gasteiger partial charge in [-0.2, -0.15) is 0 Å². The number of hydrogen-bond acceptors (Lipinski definition) is 7. The van der Waals surface area contributed by atoms with Crippen LogP contribution in [0, 0.1) is 0 Å². The normalized spacial score (nSPS) is 11.7. The molecular formula is C36H40ClN3O7S. The molecule has 48 heavy (non-hydrogen) atoms. The lowest BCUT2D eigenvalue weighted by atomic mass is 10.0. The van der Waals surface area contributed by atoms with Gasteiger partial charge in [-0.25, -0.2) is 8.42 Å². The third kappa shape index (κ3) is 8.78. The zero-order valence-electron chi connectivity index (χ0n) is 27.4. The van der Waals surface area contributed by atoms with Crippen LogP contribution in [0.4, 0.5) is 5.69 Å². The van der Waals surface area contributed by atoms with Crippen LogP contribution in [0.2, 0.25) is 5.02 Å². The Labute approximate surface area is 287 Å². The molecule has 10 nitrogen and oxygen atoms in total. The third-order valence-corrected chi connectivity index (χ3v) is 9.72. The zero-order chi connectivity index (χ0) is 34.7. The van der Waals surface area contributed by atoms with Crippen LogP contribution in [0.3, 0.4) is 0 Å². The van der Waals surface area contributed by atoms with Crippen LogP contribution in [-0.4, -0.2) is 65.1 Å². The first-order chi connectivity index (χ1) is 23.1. The van der Waals surface area contributed by atoms with Crippen molar-refractivity contribution in [3.63, 3.8) is 0 Å². The number of nitrogens with one attached hydrogen (secondary N) is 1. The predicted octanol–water partition coefficient (Wildman–Crippen LogP) is 5.73. The molecule has 0 aliphatic heterocycles. The minimum absolute atomic E-state index is 0.0410. The Bertz CT molecular complexity index is 1790. The summed E-state index contributed by atoms with van der Waals surface area (Å²) in [7, 11) is -1.52. The van der Waals surface area contributed by atoms with Crippen LogP contribution >= 0.6 is 11.6 Å². The van der Waals surface area contributed by atoms with Gasteiger partial charge in [0.05, 0.1) is 31.4 Å². The first kappa shape index (κ1) is 36.1. The second-order valence-electron chi connectivity index (χ2n) is 10.7. The summed E-state index contributed by atoms with van der Waals surface area (Å²) in [5, 5.41) is 3.26. The highest BCUT2D eigenvalue weighted by molar-refractivity contribution is 7.92. The van der Waals surface area contributed by atoms with Crippen molar-refractivity contribution in [2.24, 2.45) is 0 Å². The molecule has 0 saturated carbocycles. The SMILES string of the molecule is CCNC(=O)[C@H](Cc1ccccc1)N(Cc1ccccc1Cl)C(=O)CN(c1ccc(OCC)cc1)S(=O)(=O)c1ccc(OC)c(OC)c1. The minimum atomic E-state index is -4.38. The number of carbonyl (C=O) groups is 2. The minimum Gasteiger partial charge on any atom is -0.494 e. The van der Waals surface area contributed by atoms with E-state index >= 15 is 0 Å². The van der Waals surface area contributed by atoms with Crippen LogP contribution in [0.15, 0.2) is 102 Å². The maximum absolute atomic E-state index is 14.6. The Morgan fingerprint density at radius 1 is 0.854 bits per heavy atom. The number of ether oxygens (including phenoxy) is 3. The molecule has 2 amide bonds. The summed E-state index contributed by atoms with van der Waals surface area (Å²) in [6, 6.07) is 26.0. The standard InChI is InChI=1S/C36H40ClN3O7S/c1-5-38-36(42)32(22-26-12-8-7-9-13-26)39(24-27-14-10-11-15-31(27)37)35(41)25-40(28-16-18-29(19-17-28)47-6-2)48(43,44)30-20-21-33(45-3)34(23-30)46-4/h7-21,23,32H,5-6,22,24-25H2,1-4H3,(H,38,42)/t32-/m0/s1. The van der Waals surface area contributed by atoms with Crippen molar-refractivity contribution in [2.75, 3.05) is 38.2 Å². The molecule has 1 N–H and O–H groups in total. The molecule has 1 atom stereocenters. The average molecular weight is 694 g/mol. The highest BCUT2D eigenvalue weighted by Gasteiger charge is 2.35. The molecule has 0 unspecified atom stereocenters. The van der Waals surface area contributed by atoms with Gasteiger partial charge in [0, 0.05) is 30.6 Å². The van der Waals surface area contributed by atoms with Crippen molar-refractivity contribution in [3.05, 3.63) is 113 Å². The number of benzene rings is 4. The number of nitrogens with zero attached hydrogens (tertiary/aromatic N) is 2. The lowest BCUT2D eigenvalue weighted by Gasteiger charge is -2.34. The largest absolute Gasteiger partial charge is 0.494 e. The average Bonchev–Trinajstić information content (AvgIpc) is 3.10. The number of rotatable bonds is 16. The smallest absolute Gasteiger partial charge is 0.264 e. The molecule has 0 saturated heterocycles. The van der Waals surface area contributed by atoms with Gasteiger partial charge < -0.3 is 24.4 Å². The molecule has 12 heteroatoms. The summed E-state index contributed by atoms with van der Waals surface area (Å²) < 4.78 is 46.1. The van der Waals surface area contributed by atoms with Crippen molar-refractivity contribution in [3.8, 4) is 17.2 Å². The number of anilines is 1. The first-order valence-corrected chi connectivity index (χ1v) is 17.3. The van der Waals surface area contributed by atoms with Gasteiger partial charge in [-0.1, -0.05) is 60.1 Å². The van der Waals surface area contributed by atoms with Gasteiger partial charge in [-0.3, -0.25) is 13.9 Å². The van der Waals surface area contributed by atoms with Crippen LogP contribution in [0.25, 0.3) is 0 Å². The molecule has 0 fully saturated rings. The highest BCUT2D eigenvalue weighted by atomic mass is 35.5. The van der Waals surface area contributed by atoms with E-state index in [9.17, 15) is 18.0 Å². The maximum atomic E-state index is 14.6. The van der Waals surface area contributed by atoms with Crippen molar-refractivity contribution in [1.29, 1.82) is 0 Å². The van der Waals surface area contributed by atoms with Crippen molar-refractivity contribution < 1.29 is 32.2 Å². The van der Waals surface area contributed by atoms with E-state index < -0.39 is 28.5 Å². The summed E-state index contributed by atoms with van der Waals surface area (Å²) in [5.41, 5.74) is 1.65. The van der Waals surface area contributed by atoms with Crippen molar-refractivity contribution in [1.82, 2.24) is 10.2 Å². The van der Waals surface area contributed by atoms with Gasteiger partial charge >= 0.3 is 0 Å². The molecule has 0 aliphatic rings. The number of likely N-dealkylation sites (N-methyl/N-ethyl adjacent to an activating group) is 1. The molecule has 0 bridgehead atoms. The molecule has 4 aromatic carbocycles. The Morgan fingerprint density at radius 3 is 2.15 bits per heavy atom. The summed E-state index contributed by atoms with van der Waals surface area (Å²) in [6.45, 7) is 3.73. The van der Waals surface area contributed by atoms with E-state index in [4.69, 9.17) is 25.8 Å². The first-order valence-electron chi connectivity index (χ1n) is 15.4. The van der Waals surface area contributed by atoms with Gasteiger partial charge in [-0.05, 0) is 67.4 Å². The van der Waals surface area contributed by atoms with Gasteiger partial charge in [0.2, 0.25) is 11.8 Å². The Kier molecular flexibility index (Phi) is 12.7. The number of methoxy groups -OCH3 is 2. The number of hydrogen-bond donors (Lipinski definition) is 1. The van der Waals surface area contributed by atoms with Gasteiger partial charge in [0.1, 0.15) is 18.3 Å². The fourth-order valence-electron chi connectivity index (χ4n) is 5.16. The van der Waals surface area contributed by atoms with E-state index in [0.717, 1.165) is 9.87 Å². The van der Waals surface area contributed by atoms with Crippen LogP contribution in [0.1, 0.15) is 25.0 Å². The second kappa shape index (κ2) is 16.9. The molecule has 0 aromatic heterocycles. The van der Waals surface area contributed by atoms with Gasteiger partial charge in [0.25, 0.3) is 10.0 Å². The second-order valence-corrected chi connectivity index (χ2v) is 12.9. The maximum Gasteiger partial charge on any atom is 0.264 e. The third-order valence-electron chi connectivity index (χ3n) is 7.58. The number of amides is 2. The zero-order valence-corrected chi connectivity index (χ0v) is 29.0.